The number of nitrogens with zero attached hydrogens (tertiary/aromatic N) is 3. The van der Waals surface area contributed by atoms with E-state index >= 15 is 0 Å². The third-order valence-corrected chi connectivity index (χ3v) is 5.08. The van der Waals surface area contributed by atoms with E-state index in [1.54, 1.807) is 6.07 Å². The van der Waals surface area contributed by atoms with Crippen molar-refractivity contribution in [2.75, 3.05) is 23.3 Å². The zero-order valence-corrected chi connectivity index (χ0v) is 16.0. The number of rotatable bonds is 3. The fourth-order valence-corrected chi connectivity index (χ4v) is 3.59. The normalized spacial score (nSPS) is 14.7. The molecule has 0 unspecified atom stereocenters. The summed E-state index contributed by atoms with van der Waals surface area (Å²) in [6.07, 6.45) is 1.33. The van der Waals surface area contributed by atoms with Crippen molar-refractivity contribution in [1.29, 1.82) is 5.26 Å². The molecule has 27 heavy (non-hydrogen) atoms. The summed E-state index contributed by atoms with van der Waals surface area (Å²) in [4.78, 5) is 19.1. The lowest BCUT2D eigenvalue weighted by Crippen LogP contribution is -2.38. The van der Waals surface area contributed by atoms with Crippen LogP contribution in [0, 0.1) is 31.1 Å². The van der Waals surface area contributed by atoms with E-state index in [4.69, 9.17) is 11.6 Å². The Labute approximate surface area is 163 Å². The molecule has 7 heteroatoms. The quantitative estimate of drug-likeness (QED) is 0.786. The number of hydrogen-bond donors (Lipinski definition) is 2. The summed E-state index contributed by atoms with van der Waals surface area (Å²) in [6.45, 7) is 5.11. The van der Waals surface area contributed by atoms with Crippen LogP contribution in [0.1, 0.15) is 29.8 Å². The fraction of sp³-hybridized carbons (Fsp3) is 0.350. The SMILES string of the molecule is Cc1cc(N2CCC(C(=O)Nc3cc(Cl)ccc3O)CC2)c(C#N)c(C)n1. The molecule has 0 radical (unpaired) electrons. The minimum Gasteiger partial charge on any atom is -0.506 e. The number of aromatic nitrogens is 1. The zero-order valence-electron chi connectivity index (χ0n) is 15.3. The van der Waals surface area contributed by atoms with Crippen LogP contribution in [0.2, 0.25) is 5.02 Å². The van der Waals surface area contributed by atoms with Crippen LogP contribution in [-0.4, -0.2) is 29.1 Å². The molecule has 0 atom stereocenters. The molecule has 1 saturated heterocycles. The molecule has 1 aliphatic rings. The molecule has 6 nitrogen and oxygen atoms in total. The summed E-state index contributed by atoms with van der Waals surface area (Å²) in [5, 5.41) is 22.5. The van der Waals surface area contributed by atoms with E-state index < -0.39 is 0 Å². The summed E-state index contributed by atoms with van der Waals surface area (Å²) in [6, 6.07) is 8.73. The maximum atomic E-state index is 12.6. The van der Waals surface area contributed by atoms with Crippen LogP contribution in [0.5, 0.6) is 5.75 Å². The minimum atomic E-state index is -0.158. The van der Waals surface area contributed by atoms with Crippen molar-refractivity contribution in [1.82, 2.24) is 4.98 Å². The summed E-state index contributed by atoms with van der Waals surface area (Å²) in [5.41, 5.74) is 3.39. The van der Waals surface area contributed by atoms with Gasteiger partial charge in [0.05, 0.1) is 22.6 Å². The first-order chi connectivity index (χ1) is 12.9. The van der Waals surface area contributed by atoms with E-state index in [-0.39, 0.29) is 17.6 Å². The van der Waals surface area contributed by atoms with Crippen molar-refractivity contribution in [2.45, 2.75) is 26.7 Å². The number of phenolic OH excluding ortho intramolecular Hbond substituents is 1. The molecule has 1 amide bonds. The van der Waals surface area contributed by atoms with Gasteiger partial charge in [-0.25, -0.2) is 0 Å². The molecule has 2 heterocycles. The van der Waals surface area contributed by atoms with Gasteiger partial charge in [-0.15, -0.1) is 0 Å². The van der Waals surface area contributed by atoms with Crippen molar-refractivity contribution in [3.63, 3.8) is 0 Å². The van der Waals surface area contributed by atoms with Crippen molar-refractivity contribution in [3.8, 4) is 11.8 Å². The van der Waals surface area contributed by atoms with Gasteiger partial charge in [0.25, 0.3) is 0 Å². The van der Waals surface area contributed by atoms with Gasteiger partial charge < -0.3 is 15.3 Å². The summed E-state index contributed by atoms with van der Waals surface area (Å²) < 4.78 is 0. The molecular weight excluding hydrogens is 364 g/mol. The monoisotopic (exact) mass is 384 g/mol. The van der Waals surface area contributed by atoms with Gasteiger partial charge in [0.1, 0.15) is 11.8 Å². The maximum absolute atomic E-state index is 12.6. The molecule has 140 valence electrons. The molecule has 2 N–H and O–H groups in total. The van der Waals surface area contributed by atoms with Gasteiger partial charge in [-0.2, -0.15) is 5.26 Å². The van der Waals surface area contributed by atoms with Crippen LogP contribution in [0.15, 0.2) is 24.3 Å². The van der Waals surface area contributed by atoms with Gasteiger partial charge in [0, 0.05) is 29.7 Å². The lowest BCUT2D eigenvalue weighted by atomic mass is 9.94. The summed E-state index contributed by atoms with van der Waals surface area (Å²) >= 11 is 5.93. The molecule has 1 aliphatic heterocycles. The highest BCUT2D eigenvalue weighted by Crippen LogP contribution is 2.30. The minimum absolute atomic E-state index is 0.00779. The number of piperidine rings is 1. The number of aromatic hydroxyl groups is 1. The average Bonchev–Trinajstić information content (AvgIpc) is 2.64. The molecular formula is C20H21ClN4O2. The number of hydrogen-bond acceptors (Lipinski definition) is 5. The van der Waals surface area contributed by atoms with E-state index in [1.165, 1.54) is 12.1 Å². The lowest BCUT2D eigenvalue weighted by molar-refractivity contribution is -0.120. The third kappa shape index (κ3) is 4.15. The van der Waals surface area contributed by atoms with Crippen molar-refractivity contribution in [3.05, 3.63) is 46.2 Å². The first-order valence-corrected chi connectivity index (χ1v) is 9.19. The first kappa shape index (κ1) is 19.0. The number of phenols is 1. The van der Waals surface area contributed by atoms with E-state index in [0.29, 0.717) is 42.2 Å². The zero-order chi connectivity index (χ0) is 19.6. The Kier molecular flexibility index (Phi) is 5.52. The van der Waals surface area contributed by atoms with Crippen molar-refractivity contribution >= 4 is 28.9 Å². The highest BCUT2D eigenvalue weighted by Gasteiger charge is 2.27. The van der Waals surface area contributed by atoms with Gasteiger partial charge >= 0.3 is 0 Å². The van der Waals surface area contributed by atoms with Crippen LogP contribution < -0.4 is 10.2 Å². The van der Waals surface area contributed by atoms with E-state index in [9.17, 15) is 15.2 Å². The number of carbonyl (C=O) groups excluding carboxylic acids is 1. The molecule has 1 fully saturated rings. The smallest absolute Gasteiger partial charge is 0.227 e. The van der Waals surface area contributed by atoms with Gasteiger partial charge in [-0.05, 0) is 51.0 Å². The van der Waals surface area contributed by atoms with Crippen LogP contribution >= 0.6 is 11.6 Å². The fourth-order valence-electron chi connectivity index (χ4n) is 3.42. The number of aryl methyl sites for hydroxylation is 2. The van der Waals surface area contributed by atoms with Gasteiger partial charge in [-0.3, -0.25) is 9.78 Å². The molecule has 0 spiro atoms. The molecule has 3 rings (SSSR count). The first-order valence-electron chi connectivity index (χ1n) is 8.81. The van der Waals surface area contributed by atoms with Gasteiger partial charge in [0.15, 0.2) is 0 Å². The number of carbonyl (C=O) groups is 1. The van der Waals surface area contributed by atoms with Gasteiger partial charge in [-0.1, -0.05) is 11.6 Å². The number of amides is 1. The Morgan fingerprint density at radius 2 is 2.04 bits per heavy atom. The molecule has 1 aromatic carbocycles. The molecule has 2 aromatic rings. The van der Waals surface area contributed by atoms with Crippen LogP contribution in [0.4, 0.5) is 11.4 Å². The second kappa shape index (κ2) is 7.85. The number of halogens is 1. The highest BCUT2D eigenvalue weighted by atomic mass is 35.5. The van der Waals surface area contributed by atoms with Crippen LogP contribution in [-0.2, 0) is 4.79 Å². The Bertz CT molecular complexity index is 915. The van der Waals surface area contributed by atoms with Crippen LogP contribution in [0.25, 0.3) is 0 Å². The van der Waals surface area contributed by atoms with E-state index in [0.717, 1.165) is 17.1 Å². The summed E-state index contributed by atoms with van der Waals surface area (Å²) in [7, 11) is 0. The second-order valence-electron chi connectivity index (χ2n) is 6.77. The standard InChI is InChI=1S/C20H21ClN4O2/c1-12-9-18(16(11-22)13(2)23-12)25-7-5-14(6-8-25)20(27)24-17-10-15(21)3-4-19(17)26/h3-4,9-10,14,26H,5-8H2,1-2H3,(H,24,27). The largest absolute Gasteiger partial charge is 0.506 e. The van der Waals surface area contributed by atoms with Crippen molar-refractivity contribution < 1.29 is 9.90 Å². The molecule has 1 aromatic heterocycles. The Morgan fingerprint density at radius 1 is 1.33 bits per heavy atom. The molecule has 0 saturated carbocycles. The number of nitrogens with one attached hydrogen (secondary N) is 1. The second-order valence-corrected chi connectivity index (χ2v) is 7.20. The van der Waals surface area contributed by atoms with Gasteiger partial charge in [0.2, 0.25) is 5.91 Å². The third-order valence-electron chi connectivity index (χ3n) is 4.84. The number of nitriles is 1. The van der Waals surface area contributed by atoms with Crippen LogP contribution in [0.3, 0.4) is 0 Å². The summed E-state index contributed by atoms with van der Waals surface area (Å²) in [5.74, 6) is -0.296. The van der Waals surface area contributed by atoms with E-state index in [1.807, 2.05) is 19.9 Å². The molecule has 0 bridgehead atoms. The Balaban J connectivity index is 1.68. The van der Waals surface area contributed by atoms with E-state index in [2.05, 4.69) is 21.3 Å². The lowest BCUT2D eigenvalue weighted by Gasteiger charge is -2.33. The predicted molar refractivity (Wildman–Crippen MR) is 105 cm³/mol. The maximum Gasteiger partial charge on any atom is 0.227 e. The number of anilines is 2. The molecule has 0 aliphatic carbocycles. The Hall–Kier alpha value is -2.78. The topological polar surface area (TPSA) is 89.3 Å². The van der Waals surface area contributed by atoms with Crippen molar-refractivity contribution in [2.24, 2.45) is 5.92 Å². The Morgan fingerprint density at radius 3 is 2.70 bits per heavy atom. The highest BCUT2D eigenvalue weighted by molar-refractivity contribution is 6.31. The number of pyridine rings is 1. The average molecular weight is 385 g/mol. The predicted octanol–water partition coefficient (Wildman–Crippen LogP) is 3.78. The number of benzene rings is 1.